The first kappa shape index (κ1) is 12.0. The van der Waals surface area contributed by atoms with Crippen LogP contribution in [0.3, 0.4) is 0 Å². The summed E-state index contributed by atoms with van der Waals surface area (Å²) in [6.45, 7) is 1.18. The third-order valence-electron chi connectivity index (χ3n) is 3.56. The summed E-state index contributed by atoms with van der Waals surface area (Å²) in [6, 6.07) is 5.70. The topological polar surface area (TPSA) is 55.1 Å². The van der Waals surface area contributed by atoms with Crippen LogP contribution < -0.4 is 11.1 Å². The van der Waals surface area contributed by atoms with Crippen LogP contribution in [0.5, 0.6) is 0 Å². The molecule has 92 valence electrons. The third kappa shape index (κ3) is 2.64. The largest absolute Gasteiger partial charge is 0.351 e. The standard InChI is InChI=1S/C13H17FN2O/c14-11-4-1-3-10(7-11)12(17)16-9-13(8-15)5-2-6-13/h1,3-4,7H,2,5-6,8-9,15H2,(H,16,17). The van der Waals surface area contributed by atoms with Crippen molar-refractivity contribution >= 4 is 5.91 Å². The third-order valence-corrected chi connectivity index (χ3v) is 3.56. The molecule has 1 saturated carbocycles. The van der Waals surface area contributed by atoms with E-state index in [1.165, 1.54) is 24.6 Å². The molecule has 1 amide bonds. The van der Waals surface area contributed by atoms with Gasteiger partial charge in [-0.2, -0.15) is 0 Å². The molecule has 0 aromatic heterocycles. The molecular formula is C13H17FN2O. The van der Waals surface area contributed by atoms with Gasteiger partial charge in [0.15, 0.2) is 0 Å². The predicted octanol–water partition coefficient (Wildman–Crippen LogP) is 1.68. The lowest BCUT2D eigenvalue weighted by molar-refractivity contribution is 0.0876. The van der Waals surface area contributed by atoms with Crippen molar-refractivity contribution in [2.75, 3.05) is 13.1 Å². The minimum Gasteiger partial charge on any atom is -0.351 e. The summed E-state index contributed by atoms with van der Waals surface area (Å²) < 4.78 is 12.9. The summed E-state index contributed by atoms with van der Waals surface area (Å²) in [5.41, 5.74) is 6.14. The fourth-order valence-electron chi connectivity index (χ4n) is 2.13. The molecule has 1 aliphatic rings. The highest BCUT2D eigenvalue weighted by Gasteiger charge is 2.35. The van der Waals surface area contributed by atoms with E-state index in [4.69, 9.17) is 5.73 Å². The van der Waals surface area contributed by atoms with E-state index in [0.29, 0.717) is 18.7 Å². The van der Waals surface area contributed by atoms with E-state index in [2.05, 4.69) is 5.32 Å². The van der Waals surface area contributed by atoms with Crippen LogP contribution in [-0.4, -0.2) is 19.0 Å². The Morgan fingerprint density at radius 1 is 1.47 bits per heavy atom. The highest BCUT2D eigenvalue weighted by Crippen LogP contribution is 2.39. The second kappa shape index (κ2) is 4.84. The fourth-order valence-corrected chi connectivity index (χ4v) is 2.13. The van der Waals surface area contributed by atoms with Gasteiger partial charge in [-0.05, 0) is 43.0 Å². The van der Waals surface area contributed by atoms with E-state index < -0.39 is 5.82 Å². The Labute approximate surface area is 100 Å². The lowest BCUT2D eigenvalue weighted by Gasteiger charge is -2.41. The second-order valence-corrected chi connectivity index (χ2v) is 4.75. The molecule has 0 atom stereocenters. The Morgan fingerprint density at radius 3 is 2.76 bits per heavy atom. The van der Waals surface area contributed by atoms with Gasteiger partial charge in [-0.15, -0.1) is 0 Å². The van der Waals surface area contributed by atoms with E-state index in [0.717, 1.165) is 12.8 Å². The first-order valence-corrected chi connectivity index (χ1v) is 5.89. The van der Waals surface area contributed by atoms with Crippen LogP contribution in [-0.2, 0) is 0 Å². The van der Waals surface area contributed by atoms with Gasteiger partial charge in [0.05, 0.1) is 0 Å². The highest BCUT2D eigenvalue weighted by atomic mass is 19.1. The van der Waals surface area contributed by atoms with Crippen LogP contribution in [0.15, 0.2) is 24.3 Å². The van der Waals surface area contributed by atoms with Crippen molar-refractivity contribution in [1.29, 1.82) is 0 Å². The molecule has 3 nitrogen and oxygen atoms in total. The van der Waals surface area contributed by atoms with Crippen molar-refractivity contribution in [2.24, 2.45) is 11.1 Å². The van der Waals surface area contributed by atoms with Gasteiger partial charge in [-0.1, -0.05) is 12.5 Å². The van der Waals surface area contributed by atoms with Gasteiger partial charge in [0.1, 0.15) is 5.82 Å². The molecule has 4 heteroatoms. The molecule has 0 aliphatic heterocycles. The first-order valence-electron chi connectivity index (χ1n) is 5.89. The molecule has 0 spiro atoms. The zero-order valence-electron chi connectivity index (χ0n) is 9.71. The molecule has 3 N–H and O–H groups in total. The van der Waals surface area contributed by atoms with Crippen LogP contribution in [0, 0.1) is 11.2 Å². The second-order valence-electron chi connectivity index (χ2n) is 4.75. The number of benzene rings is 1. The number of carbonyl (C=O) groups excluding carboxylic acids is 1. The highest BCUT2D eigenvalue weighted by molar-refractivity contribution is 5.94. The number of hydrogen-bond donors (Lipinski definition) is 2. The van der Waals surface area contributed by atoms with Gasteiger partial charge < -0.3 is 11.1 Å². The van der Waals surface area contributed by atoms with Gasteiger partial charge in [-0.25, -0.2) is 4.39 Å². The minimum absolute atomic E-state index is 0.0724. The van der Waals surface area contributed by atoms with Crippen molar-refractivity contribution in [3.63, 3.8) is 0 Å². The molecular weight excluding hydrogens is 219 g/mol. The van der Waals surface area contributed by atoms with E-state index in [1.807, 2.05) is 0 Å². The smallest absolute Gasteiger partial charge is 0.251 e. The van der Waals surface area contributed by atoms with Crippen molar-refractivity contribution in [3.8, 4) is 0 Å². The fraction of sp³-hybridized carbons (Fsp3) is 0.462. The number of amides is 1. The maximum atomic E-state index is 12.9. The lowest BCUT2D eigenvalue weighted by atomic mass is 9.69. The predicted molar refractivity (Wildman–Crippen MR) is 64.1 cm³/mol. The number of nitrogens with one attached hydrogen (secondary N) is 1. The Morgan fingerprint density at radius 2 is 2.24 bits per heavy atom. The molecule has 0 heterocycles. The van der Waals surface area contributed by atoms with Gasteiger partial charge in [0.25, 0.3) is 5.91 Å². The summed E-state index contributed by atoms with van der Waals surface area (Å²) in [5.74, 6) is -0.626. The minimum atomic E-state index is -0.394. The molecule has 0 saturated heterocycles. The monoisotopic (exact) mass is 236 g/mol. The van der Waals surface area contributed by atoms with Crippen LogP contribution >= 0.6 is 0 Å². The molecule has 1 aromatic carbocycles. The quantitative estimate of drug-likeness (QED) is 0.835. The number of carbonyl (C=O) groups is 1. The Bertz CT molecular complexity index is 410. The zero-order valence-corrected chi connectivity index (χ0v) is 9.71. The van der Waals surface area contributed by atoms with Crippen LogP contribution in [0.4, 0.5) is 4.39 Å². The molecule has 1 fully saturated rings. The SMILES string of the molecule is NCC1(CNC(=O)c2cccc(F)c2)CCC1. The molecule has 2 rings (SSSR count). The van der Waals surface area contributed by atoms with E-state index in [1.54, 1.807) is 6.07 Å². The maximum absolute atomic E-state index is 12.9. The average Bonchev–Trinajstić information content (AvgIpc) is 2.28. The van der Waals surface area contributed by atoms with Crippen molar-refractivity contribution in [3.05, 3.63) is 35.6 Å². The van der Waals surface area contributed by atoms with E-state index in [9.17, 15) is 9.18 Å². The van der Waals surface area contributed by atoms with E-state index >= 15 is 0 Å². The first-order chi connectivity index (χ1) is 8.15. The maximum Gasteiger partial charge on any atom is 0.251 e. The summed E-state index contributed by atoms with van der Waals surface area (Å²) in [4.78, 5) is 11.8. The Kier molecular flexibility index (Phi) is 3.43. The van der Waals surface area contributed by atoms with Gasteiger partial charge in [0.2, 0.25) is 0 Å². The summed E-state index contributed by atoms with van der Waals surface area (Å²) >= 11 is 0. The average molecular weight is 236 g/mol. The van der Waals surface area contributed by atoms with Crippen LogP contribution in [0.1, 0.15) is 29.6 Å². The molecule has 0 radical (unpaired) electrons. The lowest BCUT2D eigenvalue weighted by Crippen LogP contribution is -2.46. The number of halogens is 1. The number of hydrogen-bond acceptors (Lipinski definition) is 2. The normalized spacial score (nSPS) is 17.3. The van der Waals surface area contributed by atoms with Crippen molar-refractivity contribution < 1.29 is 9.18 Å². The van der Waals surface area contributed by atoms with Crippen molar-refractivity contribution in [2.45, 2.75) is 19.3 Å². The Hall–Kier alpha value is -1.42. The summed E-state index contributed by atoms with van der Waals surface area (Å²) in [6.07, 6.45) is 3.30. The van der Waals surface area contributed by atoms with Crippen molar-refractivity contribution in [1.82, 2.24) is 5.32 Å². The Balaban J connectivity index is 1.93. The molecule has 1 aliphatic carbocycles. The molecule has 0 bridgehead atoms. The molecule has 0 unspecified atom stereocenters. The van der Waals surface area contributed by atoms with Crippen LogP contribution in [0.25, 0.3) is 0 Å². The van der Waals surface area contributed by atoms with Gasteiger partial charge in [0, 0.05) is 12.1 Å². The molecule has 17 heavy (non-hydrogen) atoms. The molecule has 1 aromatic rings. The van der Waals surface area contributed by atoms with E-state index in [-0.39, 0.29) is 11.3 Å². The number of rotatable bonds is 4. The zero-order chi connectivity index (χ0) is 12.3. The van der Waals surface area contributed by atoms with Gasteiger partial charge in [-0.3, -0.25) is 4.79 Å². The summed E-state index contributed by atoms with van der Waals surface area (Å²) in [7, 11) is 0. The number of nitrogens with two attached hydrogens (primary N) is 1. The van der Waals surface area contributed by atoms with Gasteiger partial charge >= 0.3 is 0 Å². The van der Waals surface area contributed by atoms with Crippen LogP contribution in [0.2, 0.25) is 0 Å². The summed E-state index contributed by atoms with van der Waals surface area (Å²) in [5, 5.41) is 2.83.